The predicted molar refractivity (Wildman–Crippen MR) is 67.3 cm³/mol. The quantitative estimate of drug-likeness (QED) is 0.648. The van der Waals surface area contributed by atoms with Crippen LogP contribution in [0.2, 0.25) is 0 Å². The first kappa shape index (κ1) is 10.1. The van der Waals surface area contributed by atoms with Crippen LogP contribution in [0.5, 0.6) is 5.75 Å². The Labute approximate surface area is 99.3 Å². The smallest absolute Gasteiger partial charge is 0.196 e. The molecule has 86 valence electrons. The van der Waals surface area contributed by atoms with Crippen LogP contribution in [0.4, 0.5) is 5.69 Å². The van der Waals surface area contributed by atoms with Crippen molar-refractivity contribution in [2.24, 2.45) is 0 Å². The summed E-state index contributed by atoms with van der Waals surface area (Å²) in [7, 11) is 2.00. The molecule has 1 aromatic carbocycles. The first-order chi connectivity index (χ1) is 8.18. The van der Waals surface area contributed by atoms with E-state index in [4.69, 9.17) is 4.74 Å². The van der Waals surface area contributed by atoms with Crippen molar-refractivity contribution in [3.63, 3.8) is 0 Å². The second kappa shape index (κ2) is 3.48. The summed E-state index contributed by atoms with van der Waals surface area (Å²) in [6.07, 6.45) is 6.00. The summed E-state index contributed by atoms with van der Waals surface area (Å²) < 4.78 is 5.47. The average molecular weight is 227 g/mol. The fraction of sp³-hybridized carbons (Fsp3) is 0.214. The number of rotatable bonds is 0. The molecular weight excluding hydrogens is 214 g/mol. The lowest BCUT2D eigenvalue weighted by atomic mass is 10.0. The Bertz CT molecular complexity index is 656. The molecule has 17 heavy (non-hydrogen) atoms. The van der Waals surface area contributed by atoms with Crippen LogP contribution in [-0.2, 0) is 4.79 Å². The molecule has 3 heteroatoms. The summed E-state index contributed by atoms with van der Waals surface area (Å²) in [6.45, 7) is 2.03. The molecule has 0 spiro atoms. The third-order valence-corrected chi connectivity index (χ3v) is 3.29. The molecular formula is C14H13NO2. The van der Waals surface area contributed by atoms with Gasteiger partial charge in [-0.25, -0.2) is 0 Å². The molecule has 0 radical (unpaired) electrons. The largest absolute Gasteiger partial charge is 0.485 e. The van der Waals surface area contributed by atoms with Gasteiger partial charge in [0.25, 0.3) is 0 Å². The minimum absolute atomic E-state index is 0.0662. The fourth-order valence-electron chi connectivity index (χ4n) is 2.31. The van der Waals surface area contributed by atoms with Crippen molar-refractivity contribution in [1.82, 2.24) is 0 Å². The van der Waals surface area contributed by atoms with E-state index >= 15 is 0 Å². The zero-order valence-corrected chi connectivity index (χ0v) is 9.86. The van der Waals surface area contributed by atoms with Crippen molar-refractivity contribution in [2.75, 3.05) is 18.6 Å². The Kier molecular flexibility index (Phi) is 2.08. The maximum Gasteiger partial charge on any atom is 0.196 e. The number of nitrogens with zero attached hydrogens (tertiary/aromatic N) is 1. The molecule has 0 aromatic heterocycles. The second-order valence-electron chi connectivity index (χ2n) is 4.33. The maximum absolute atomic E-state index is 11.7. The van der Waals surface area contributed by atoms with E-state index in [1.54, 1.807) is 0 Å². The van der Waals surface area contributed by atoms with E-state index in [9.17, 15) is 4.79 Å². The Morgan fingerprint density at radius 1 is 1.35 bits per heavy atom. The SMILES string of the molecule is CC1=c2c(ccc3c2=CC=CN3C)OCC1=O. The van der Waals surface area contributed by atoms with Crippen molar-refractivity contribution in [3.05, 3.63) is 34.8 Å². The number of hydrogen-bond acceptors (Lipinski definition) is 3. The molecule has 2 aliphatic heterocycles. The van der Waals surface area contributed by atoms with Gasteiger partial charge in [-0.05, 0) is 25.1 Å². The molecule has 3 rings (SSSR count). The number of ketones is 1. The summed E-state index contributed by atoms with van der Waals surface area (Å²) in [6, 6.07) is 3.96. The normalized spacial score (nSPS) is 17.2. The van der Waals surface area contributed by atoms with Gasteiger partial charge in [0.1, 0.15) is 5.75 Å². The van der Waals surface area contributed by atoms with Crippen LogP contribution in [0.25, 0.3) is 11.6 Å². The van der Waals surface area contributed by atoms with Gasteiger partial charge in [-0.1, -0.05) is 6.08 Å². The zero-order chi connectivity index (χ0) is 12.0. The topological polar surface area (TPSA) is 29.5 Å². The minimum Gasteiger partial charge on any atom is -0.485 e. The monoisotopic (exact) mass is 227 g/mol. The van der Waals surface area contributed by atoms with E-state index in [-0.39, 0.29) is 12.4 Å². The van der Waals surface area contributed by atoms with Gasteiger partial charge in [0.2, 0.25) is 0 Å². The number of anilines is 1. The standard InChI is InChI=1S/C14H13NO2/c1-9-12(16)8-17-13-6-5-11-10(14(9)13)4-3-7-15(11)2/h3-7H,8H2,1-2H3. The van der Waals surface area contributed by atoms with E-state index in [0.717, 1.165) is 27.4 Å². The highest BCUT2D eigenvalue weighted by atomic mass is 16.5. The number of ether oxygens (including phenoxy) is 1. The van der Waals surface area contributed by atoms with Crippen LogP contribution < -0.4 is 20.1 Å². The highest BCUT2D eigenvalue weighted by molar-refractivity contribution is 6.16. The number of hydrogen-bond donors (Lipinski definition) is 0. The summed E-state index contributed by atoms with van der Waals surface area (Å²) in [5.41, 5.74) is 1.90. The fourth-order valence-corrected chi connectivity index (χ4v) is 2.31. The number of allylic oxidation sites excluding steroid dienone is 1. The molecule has 0 saturated carbocycles. The third-order valence-electron chi connectivity index (χ3n) is 3.29. The molecule has 3 nitrogen and oxygen atoms in total. The van der Waals surface area contributed by atoms with Crippen molar-refractivity contribution in [1.29, 1.82) is 0 Å². The van der Waals surface area contributed by atoms with Gasteiger partial charge >= 0.3 is 0 Å². The van der Waals surface area contributed by atoms with E-state index in [2.05, 4.69) is 0 Å². The number of benzene rings is 1. The number of fused-ring (bicyclic) bond motifs is 3. The van der Waals surface area contributed by atoms with Crippen LogP contribution in [0.1, 0.15) is 6.92 Å². The lowest BCUT2D eigenvalue weighted by Crippen LogP contribution is -2.39. The van der Waals surface area contributed by atoms with Gasteiger partial charge in [-0.3, -0.25) is 4.79 Å². The van der Waals surface area contributed by atoms with Crippen molar-refractivity contribution < 1.29 is 9.53 Å². The number of carbonyl (C=O) groups excluding carboxylic acids is 1. The van der Waals surface area contributed by atoms with Gasteiger partial charge in [0.05, 0.1) is 0 Å². The summed E-state index contributed by atoms with van der Waals surface area (Å²) in [4.78, 5) is 13.8. The second-order valence-corrected chi connectivity index (χ2v) is 4.33. The van der Waals surface area contributed by atoms with Gasteiger partial charge in [-0.2, -0.15) is 0 Å². The lowest BCUT2D eigenvalue weighted by Gasteiger charge is -2.21. The predicted octanol–water partition coefficient (Wildman–Crippen LogP) is 0.563. The van der Waals surface area contributed by atoms with Crippen LogP contribution in [0, 0.1) is 0 Å². The average Bonchev–Trinajstić information content (AvgIpc) is 2.34. The van der Waals surface area contributed by atoms with Gasteiger partial charge in [0.15, 0.2) is 12.4 Å². The van der Waals surface area contributed by atoms with E-state index < -0.39 is 0 Å². The molecule has 1 aromatic rings. The first-order valence-electron chi connectivity index (χ1n) is 5.60. The molecule has 0 fully saturated rings. The highest BCUT2D eigenvalue weighted by Gasteiger charge is 2.18. The Balaban J connectivity index is 2.49. The molecule has 0 aliphatic carbocycles. The summed E-state index contributed by atoms with van der Waals surface area (Å²) in [5, 5.41) is 2.01. The molecule has 0 saturated heterocycles. The summed E-state index contributed by atoms with van der Waals surface area (Å²) >= 11 is 0. The third kappa shape index (κ3) is 1.39. The van der Waals surface area contributed by atoms with Gasteiger partial charge < -0.3 is 9.64 Å². The van der Waals surface area contributed by atoms with Crippen molar-refractivity contribution >= 4 is 23.1 Å². The van der Waals surface area contributed by atoms with E-state index in [0.29, 0.717) is 0 Å². The summed E-state index contributed by atoms with van der Waals surface area (Å²) in [5.74, 6) is 0.873. The van der Waals surface area contributed by atoms with E-state index in [1.807, 2.05) is 49.4 Å². The molecule has 0 bridgehead atoms. The molecule has 0 N–H and O–H groups in total. The molecule has 0 amide bonds. The Morgan fingerprint density at radius 3 is 3.00 bits per heavy atom. The van der Waals surface area contributed by atoms with Crippen molar-refractivity contribution in [3.8, 4) is 5.75 Å². The highest BCUT2D eigenvalue weighted by Crippen LogP contribution is 2.16. The van der Waals surface area contributed by atoms with Gasteiger partial charge in [0, 0.05) is 34.9 Å². The van der Waals surface area contributed by atoms with Crippen LogP contribution in [0.3, 0.4) is 0 Å². The number of Topliss-reactive ketones (excluding diaryl/α,β-unsaturated/α-hetero) is 1. The molecule has 2 heterocycles. The van der Waals surface area contributed by atoms with Gasteiger partial charge in [-0.15, -0.1) is 0 Å². The minimum atomic E-state index is 0.0662. The van der Waals surface area contributed by atoms with E-state index in [1.165, 1.54) is 0 Å². The van der Waals surface area contributed by atoms with Crippen molar-refractivity contribution in [2.45, 2.75) is 6.92 Å². The van der Waals surface area contributed by atoms with Crippen LogP contribution in [0.15, 0.2) is 24.4 Å². The Morgan fingerprint density at radius 2 is 2.18 bits per heavy atom. The first-order valence-corrected chi connectivity index (χ1v) is 5.60. The Hall–Kier alpha value is -2.03. The van der Waals surface area contributed by atoms with Crippen LogP contribution >= 0.6 is 0 Å². The number of carbonyl (C=O) groups is 1. The molecule has 0 atom stereocenters. The molecule has 2 aliphatic rings. The van der Waals surface area contributed by atoms with Crippen LogP contribution in [-0.4, -0.2) is 19.4 Å². The lowest BCUT2D eigenvalue weighted by molar-refractivity contribution is -0.116. The molecule has 0 unspecified atom stereocenters. The maximum atomic E-state index is 11.7. The zero-order valence-electron chi connectivity index (χ0n) is 9.86.